The third-order valence-corrected chi connectivity index (χ3v) is 7.33. The van der Waals surface area contributed by atoms with Gasteiger partial charge in [-0.1, -0.05) is 39.0 Å². The Morgan fingerprint density at radius 3 is 2.19 bits per heavy atom. The second kappa shape index (κ2) is 9.38. The molecular weight excluding hydrogens is 433 g/mol. The summed E-state index contributed by atoms with van der Waals surface area (Å²) in [6.45, 7) is 6.70. The van der Waals surface area contributed by atoms with Gasteiger partial charge in [-0.3, -0.25) is 9.59 Å². The Balaban J connectivity index is 1.52. The van der Waals surface area contributed by atoms with Crippen molar-refractivity contribution in [3.05, 3.63) is 65.5 Å². The molecule has 1 fully saturated rings. The lowest BCUT2D eigenvalue weighted by molar-refractivity contribution is -0.131. The number of benzene rings is 2. The van der Waals surface area contributed by atoms with E-state index in [9.17, 15) is 22.4 Å². The average molecular weight is 462 g/mol. The second-order valence-corrected chi connectivity index (χ2v) is 10.7. The van der Waals surface area contributed by atoms with E-state index < -0.39 is 15.8 Å². The van der Waals surface area contributed by atoms with Crippen molar-refractivity contribution in [1.82, 2.24) is 14.5 Å². The first-order valence-corrected chi connectivity index (χ1v) is 11.8. The number of nitrogens with zero attached hydrogens (tertiary/aromatic N) is 2. The van der Waals surface area contributed by atoms with Gasteiger partial charge in [0, 0.05) is 31.7 Å². The molecule has 0 bridgehead atoms. The van der Waals surface area contributed by atoms with Gasteiger partial charge in [-0.2, -0.15) is 4.31 Å². The Morgan fingerprint density at radius 2 is 1.62 bits per heavy atom. The van der Waals surface area contributed by atoms with Gasteiger partial charge < -0.3 is 10.2 Å². The summed E-state index contributed by atoms with van der Waals surface area (Å²) >= 11 is 0. The van der Waals surface area contributed by atoms with Crippen molar-refractivity contribution >= 4 is 21.8 Å². The van der Waals surface area contributed by atoms with E-state index in [1.54, 1.807) is 12.1 Å². The Kier molecular flexibility index (Phi) is 7.00. The topological polar surface area (TPSA) is 86.8 Å². The van der Waals surface area contributed by atoms with Gasteiger partial charge in [0.15, 0.2) is 0 Å². The van der Waals surface area contributed by atoms with Crippen LogP contribution in [0.15, 0.2) is 53.4 Å². The number of hydrogen-bond donors (Lipinski definition) is 1. The zero-order valence-electron chi connectivity index (χ0n) is 18.5. The number of carbonyl (C=O) groups is 2. The SMILES string of the molecule is CC(C)(C)c1ccc(C(=O)NCC(=O)N2CCN(S(=O)(=O)c3cccc(F)c3)CC2)cc1. The highest BCUT2D eigenvalue weighted by Crippen LogP contribution is 2.22. The van der Waals surface area contributed by atoms with E-state index in [1.807, 2.05) is 12.1 Å². The van der Waals surface area contributed by atoms with E-state index in [-0.39, 0.29) is 54.8 Å². The summed E-state index contributed by atoms with van der Waals surface area (Å²) < 4.78 is 40.0. The summed E-state index contributed by atoms with van der Waals surface area (Å²) in [5.41, 5.74) is 1.56. The summed E-state index contributed by atoms with van der Waals surface area (Å²) in [7, 11) is -3.82. The lowest BCUT2D eigenvalue weighted by Gasteiger charge is -2.34. The average Bonchev–Trinajstić information content (AvgIpc) is 2.77. The van der Waals surface area contributed by atoms with Gasteiger partial charge in [-0.15, -0.1) is 0 Å². The molecule has 32 heavy (non-hydrogen) atoms. The lowest BCUT2D eigenvalue weighted by Crippen LogP contribution is -2.52. The maximum absolute atomic E-state index is 13.4. The van der Waals surface area contributed by atoms with Crippen molar-refractivity contribution in [2.24, 2.45) is 0 Å². The molecule has 9 heteroatoms. The van der Waals surface area contributed by atoms with E-state index >= 15 is 0 Å². The largest absolute Gasteiger partial charge is 0.343 e. The maximum atomic E-state index is 13.4. The minimum Gasteiger partial charge on any atom is -0.343 e. The van der Waals surface area contributed by atoms with Crippen LogP contribution >= 0.6 is 0 Å². The van der Waals surface area contributed by atoms with Crippen LogP contribution in [0.4, 0.5) is 4.39 Å². The smallest absolute Gasteiger partial charge is 0.251 e. The monoisotopic (exact) mass is 461 g/mol. The van der Waals surface area contributed by atoms with E-state index in [0.717, 1.165) is 11.6 Å². The van der Waals surface area contributed by atoms with E-state index in [2.05, 4.69) is 26.1 Å². The number of carbonyl (C=O) groups excluding carboxylic acids is 2. The molecule has 0 radical (unpaired) electrons. The molecular formula is C23H28FN3O4S. The summed E-state index contributed by atoms with van der Waals surface area (Å²) in [6, 6.07) is 12.1. The molecule has 1 N–H and O–H groups in total. The fraction of sp³-hybridized carbons (Fsp3) is 0.391. The molecule has 0 atom stereocenters. The first-order valence-electron chi connectivity index (χ1n) is 10.4. The molecule has 1 aliphatic heterocycles. The Labute approximate surface area is 188 Å². The normalized spacial score (nSPS) is 15.4. The molecule has 2 aromatic rings. The zero-order chi connectivity index (χ0) is 23.5. The van der Waals surface area contributed by atoms with Gasteiger partial charge in [0.1, 0.15) is 5.82 Å². The van der Waals surface area contributed by atoms with Crippen LogP contribution in [0.3, 0.4) is 0 Å². The van der Waals surface area contributed by atoms with Crippen molar-refractivity contribution in [2.75, 3.05) is 32.7 Å². The zero-order valence-corrected chi connectivity index (χ0v) is 19.3. The van der Waals surface area contributed by atoms with Crippen LogP contribution in [0.2, 0.25) is 0 Å². The highest BCUT2D eigenvalue weighted by molar-refractivity contribution is 7.89. The van der Waals surface area contributed by atoms with Crippen LogP contribution in [-0.4, -0.2) is 62.2 Å². The molecule has 1 aliphatic rings. The van der Waals surface area contributed by atoms with Crippen molar-refractivity contribution in [3.63, 3.8) is 0 Å². The summed E-state index contributed by atoms with van der Waals surface area (Å²) in [5, 5.41) is 2.62. The molecule has 0 spiro atoms. The molecule has 0 saturated carbocycles. The van der Waals surface area contributed by atoms with Crippen LogP contribution in [0, 0.1) is 5.82 Å². The van der Waals surface area contributed by atoms with Gasteiger partial charge in [-0.25, -0.2) is 12.8 Å². The summed E-state index contributed by atoms with van der Waals surface area (Å²) in [5.74, 6) is -1.25. The van der Waals surface area contributed by atoms with Gasteiger partial charge >= 0.3 is 0 Å². The number of amides is 2. The van der Waals surface area contributed by atoms with Gasteiger partial charge in [-0.05, 0) is 41.3 Å². The fourth-order valence-electron chi connectivity index (χ4n) is 3.45. The van der Waals surface area contributed by atoms with Crippen molar-refractivity contribution in [3.8, 4) is 0 Å². The Morgan fingerprint density at radius 1 is 1.00 bits per heavy atom. The molecule has 1 heterocycles. The summed E-state index contributed by atoms with van der Waals surface area (Å²) in [6.07, 6.45) is 0. The predicted octanol–water partition coefficient (Wildman–Crippen LogP) is 2.39. The van der Waals surface area contributed by atoms with E-state index in [1.165, 1.54) is 27.4 Å². The minimum atomic E-state index is -3.82. The molecule has 172 valence electrons. The number of hydrogen-bond acceptors (Lipinski definition) is 4. The van der Waals surface area contributed by atoms with Crippen LogP contribution in [-0.2, 0) is 20.2 Å². The van der Waals surface area contributed by atoms with E-state index in [0.29, 0.717) is 5.56 Å². The molecule has 0 unspecified atom stereocenters. The van der Waals surface area contributed by atoms with Gasteiger partial charge in [0.25, 0.3) is 5.91 Å². The molecule has 7 nitrogen and oxygen atoms in total. The molecule has 3 rings (SSSR count). The van der Waals surface area contributed by atoms with Gasteiger partial charge in [0.05, 0.1) is 11.4 Å². The van der Waals surface area contributed by atoms with Crippen LogP contribution in [0.5, 0.6) is 0 Å². The molecule has 2 aromatic carbocycles. The number of rotatable bonds is 5. The number of piperazine rings is 1. The quantitative estimate of drug-likeness (QED) is 0.741. The first kappa shape index (κ1) is 23.9. The predicted molar refractivity (Wildman–Crippen MR) is 119 cm³/mol. The molecule has 0 aliphatic carbocycles. The van der Waals surface area contributed by atoms with Crippen molar-refractivity contribution < 1.29 is 22.4 Å². The second-order valence-electron chi connectivity index (χ2n) is 8.75. The standard InChI is InChI=1S/C23H28FN3O4S/c1-23(2,3)18-9-7-17(8-10-18)22(29)25-16-21(28)26-11-13-27(14-12-26)32(30,31)20-6-4-5-19(24)15-20/h4-10,15H,11-14,16H2,1-3H3,(H,25,29). The summed E-state index contributed by atoms with van der Waals surface area (Å²) in [4.78, 5) is 26.3. The van der Waals surface area contributed by atoms with Crippen LogP contribution in [0.1, 0.15) is 36.7 Å². The number of sulfonamides is 1. The van der Waals surface area contributed by atoms with E-state index in [4.69, 9.17) is 0 Å². The molecule has 1 saturated heterocycles. The van der Waals surface area contributed by atoms with Crippen molar-refractivity contribution in [1.29, 1.82) is 0 Å². The maximum Gasteiger partial charge on any atom is 0.251 e. The third kappa shape index (κ3) is 5.52. The van der Waals surface area contributed by atoms with Crippen molar-refractivity contribution in [2.45, 2.75) is 31.1 Å². The highest BCUT2D eigenvalue weighted by atomic mass is 32.2. The molecule has 0 aromatic heterocycles. The Hall–Kier alpha value is -2.78. The fourth-order valence-corrected chi connectivity index (χ4v) is 4.90. The highest BCUT2D eigenvalue weighted by Gasteiger charge is 2.30. The Bertz CT molecular complexity index is 1090. The molecule has 2 amide bonds. The lowest BCUT2D eigenvalue weighted by atomic mass is 9.87. The first-order chi connectivity index (χ1) is 15.0. The van der Waals surface area contributed by atoms with Gasteiger partial charge in [0.2, 0.25) is 15.9 Å². The number of nitrogens with one attached hydrogen (secondary N) is 1. The van der Waals surface area contributed by atoms with Crippen LogP contribution < -0.4 is 5.32 Å². The minimum absolute atomic E-state index is 0.0186. The number of halogens is 1. The van der Waals surface area contributed by atoms with Crippen LogP contribution in [0.25, 0.3) is 0 Å². The third-order valence-electron chi connectivity index (χ3n) is 5.44.